The third kappa shape index (κ3) is 1.59. The molecule has 2 aromatic heterocycles. The number of thiazole rings is 1. The number of rotatable bonds is 1. The lowest BCUT2D eigenvalue weighted by atomic mass is 10.2. The van der Waals surface area contributed by atoms with E-state index in [2.05, 4.69) is 10.1 Å². The quantitative estimate of drug-likeness (QED) is 0.725. The van der Waals surface area contributed by atoms with Crippen LogP contribution in [0.3, 0.4) is 0 Å². The minimum Gasteiger partial charge on any atom is -0.382 e. The summed E-state index contributed by atoms with van der Waals surface area (Å²) < 4.78 is 15.6. The minimum atomic E-state index is -0.542. The first-order valence-corrected chi connectivity index (χ1v) is 5.81. The van der Waals surface area contributed by atoms with E-state index in [-0.39, 0.29) is 5.56 Å². The number of nitrogens with zero attached hydrogens (tertiary/aromatic N) is 4. The smallest absolute Gasteiger partial charge is 0.211 e. The molecule has 2 heterocycles. The molecule has 0 amide bonds. The third-order valence-electron chi connectivity index (χ3n) is 2.39. The molecular weight excluding hydrogens is 253 g/mol. The highest BCUT2D eigenvalue weighted by molar-refractivity contribution is 7.20. The van der Waals surface area contributed by atoms with Crippen LogP contribution in [0.25, 0.3) is 15.3 Å². The first kappa shape index (κ1) is 10.7. The molecule has 0 saturated heterocycles. The molecule has 0 saturated carbocycles. The predicted molar refractivity (Wildman–Crippen MR) is 65.8 cm³/mol. The van der Waals surface area contributed by atoms with Gasteiger partial charge in [-0.25, -0.2) is 14.1 Å². The van der Waals surface area contributed by atoms with Gasteiger partial charge in [0.25, 0.3) is 0 Å². The highest BCUT2D eigenvalue weighted by Gasteiger charge is 2.10. The monoisotopic (exact) mass is 259 g/mol. The Kier molecular flexibility index (Phi) is 2.25. The van der Waals surface area contributed by atoms with Gasteiger partial charge in [0.1, 0.15) is 17.7 Å². The Morgan fingerprint density at radius 3 is 2.94 bits per heavy atom. The molecule has 0 fully saturated rings. The van der Waals surface area contributed by atoms with Crippen molar-refractivity contribution < 1.29 is 4.39 Å². The summed E-state index contributed by atoms with van der Waals surface area (Å²) in [4.78, 5) is 4.29. The molecule has 0 unspecified atom stereocenters. The van der Waals surface area contributed by atoms with Crippen molar-refractivity contribution in [2.45, 2.75) is 0 Å². The van der Waals surface area contributed by atoms with Gasteiger partial charge in [-0.2, -0.15) is 5.26 Å². The molecule has 7 heteroatoms. The molecule has 0 radical (unpaired) electrons. The van der Waals surface area contributed by atoms with Crippen LogP contribution in [0, 0.1) is 17.1 Å². The first-order valence-electron chi connectivity index (χ1n) is 4.99. The second kappa shape index (κ2) is 3.78. The van der Waals surface area contributed by atoms with Crippen molar-refractivity contribution in [3.63, 3.8) is 0 Å². The molecule has 0 bridgehead atoms. The number of hydrogen-bond acceptors (Lipinski definition) is 5. The highest BCUT2D eigenvalue weighted by atomic mass is 32.1. The molecule has 2 N–H and O–H groups in total. The molecule has 88 valence electrons. The summed E-state index contributed by atoms with van der Waals surface area (Å²) in [6, 6.07) is 6.17. The van der Waals surface area contributed by atoms with Gasteiger partial charge in [0.2, 0.25) is 5.13 Å². The number of nitriles is 1. The van der Waals surface area contributed by atoms with Crippen molar-refractivity contribution in [3.05, 3.63) is 35.8 Å². The van der Waals surface area contributed by atoms with Crippen LogP contribution in [-0.4, -0.2) is 14.8 Å². The Morgan fingerprint density at radius 2 is 2.28 bits per heavy atom. The normalized spacial score (nSPS) is 10.7. The first-order chi connectivity index (χ1) is 8.67. The zero-order valence-corrected chi connectivity index (χ0v) is 9.78. The van der Waals surface area contributed by atoms with Crippen LogP contribution in [-0.2, 0) is 0 Å². The summed E-state index contributed by atoms with van der Waals surface area (Å²) in [5.74, 6) is -0.154. The molecular formula is C11H6FN5S. The lowest BCUT2D eigenvalue weighted by Gasteiger charge is -1.91. The average Bonchev–Trinajstić information content (AvgIpc) is 2.93. The van der Waals surface area contributed by atoms with Crippen LogP contribution < -0.4 is 5.73 Å². The third-order valence-corrected chi connectivity index (χ3v) is 3.40. The topological polar surface area (TPSA) is 80.5 Å². The second-order valence-electron chi connectivity index (χ2n) is 3.59. The summed E-state index contributed by atoms with van der Waals surface area (Å²) >= 11 is 1.28. The Labute approximate surface area is 105 Å². The maximum atomic E-state index is 13.4. The van der Waals surface area contributed by atoms with Crippen LogP contribution >= 0.6 is 11.3 Å². The Hall–Kier alpha value is -2.46. The van der Waals surface area contributed by atoms with Gasteiger partial charge in [0.15, 0.2) is 0 Å². The standard InChI is InChI=1S/C11H6FN5S/c12-7-4-9-8(3-6(7)5-13)15-11(18-9)17-2-1-10(14)16-17/h1-4H,(H2,14,16). The number of benzene rings is 1. The number of nitrogen functional groups attached to an aromatic ring is 1. The molecule has 3 rings (SSSR count). The van der Waals surface area contributed by atoms with E-state index in [1.165, 1.54) is 28.2 Å². The SMILES string of the molecule is N#Cc1cc2nc(-n3ccc(N)n3)sc2cc1F. The number of anilines is 1. The Morgan fingerprint density at radius 1 is 1.44 bits per heavy atom. The lowest BCUT2D eigenvalue weighted by molar-refractivity contribution is 0.626. The highest BCUT2D eigenvalue weighted by Crippen LogP contribution is 2.27. The molecule has 0 spiro atoms. The maximum Gasteiger partial charge on any atom is 0.211 e. The van der Waals surface area contributed by atoms with Gasteiger partial charge in [-0.05, 0) is 12.1 Å². The van der Waals surface area contributed by atoms with Crippen LogP contribution in [0.5, 0.6) is 0 Å². The van der Waals surface area contributed by atoms with E-state index in [1.54, 1.807) is 18.3 Å². The summed E-state index contributed by atoms with van der Waals surface area (Å²) in [5, 5.41) is 13.4. The molecule has 5 nitrogen and oxygen atoms in total. The van der Waals surface area contributed by atoms with Gasteiger partial charge in [0.05, 0.1) is 15.8 Å². The molecule has 0 aliphatic carbocycles. The summed E-state index contributed by atoms with van der Waals surface area (Å²) in [5.41, 5.74) is 6.08. The number of fused-ring (bicyclic) bond motifs is 1. The summed E-state index contributed by atoms with van der Waals surface area (Å²) in [6.07, 6.45) is 1.68. The molecule has 1 aromatic carbocycles. The molecule has 3 aromatic rings. The van der Waals surface area contributed by atoms with Crippen LogP contribution in [0.15, 0.2) is 24.4 Å². The van der Waals surface area contributed by atoms with Crippen molar-refractivity contribution in [2.24, 2.45) is 0 Å². The van der Waals surface area contributed by atoms with E-state index in [1.807, 2.05) is 0 Å². The fourth-order valence-corrected chi connectivity index (χ4v) is 2.47. The summed E-state index contributed by atoms with van der Waals surface area (Å²) in [7, 11) is 0. The van der Waals surface area contributed by atoms with Gasteiger partial charge in [-0.1, -0.05) is 11.3 Å². The van der Waals surface area contributed by atoms with Gasteiger partial charge >= 0.3 is 0 Å². The van der Waals surface area contributed by atoms with Crippen molar-refractivity contribution in [2.75, 3.05) is 5.73 Å². The van der Waals surface area contributed by atoms with E-state index in [0.29, 0.717) is 21.2 Å². The number of aromatic nitrogens is 3. The molecule has 0 atom stereocenters. The number of nitrogens with two attached hydrogens (primary N) is 1. The van der Waals surface area contributed by atoms with E-state index in [0.717, 1.165) is 0 Å². The van der Waals surface area contributed by atoms with Crippen molar-refractivity contribution >= 4 is 27.4 Å². The fraction of sp³-hybridized carbons (Fsp3) is 0. The van der Waals surface area contributed by atoms with E-state index < -0.39 is 5.82 Å². The molecule has 0 aliphatic heterocycles. The Bertz CT molecular complexity index is 782. The number of halogens is 1. The zero-order chi connectivity index (χ0) is 12.7. The van der Waals surface area contributed by atoms with Gasteiger partial charge in [0, 0.05) is 12.3 Å². The van der Waals surface area contributed by atoms with Gasteiger partial charge < -0.3 is 5.73 Å². The summed E-state index contributed by atoms with van der Waals surface area (Å²) in [6.45, 7) is 0. The zero-order valence-electron chi connectivity index (χ0n) is 8.96. The predicted octanol–water partition coefficient (Wildman–Crippen LogP) is 2.07. The van der Waals surface area contributed by atoms with Crippen LogP contribution in [0.4, 0.5) is 10.2 Å². The van der Waals surface area contributed by atoms with E-state index in [4.69, 9.17) is 11.0 Å². The largest absolute Gasteiger partial charge is 0.382 e. The van der Waals surface area contributed by atoms with Gasteiger partial charge in [-0.15, -0.1) is 5.10 Å². The van der Waals surface area contributed by atoms with Crippen molar-refractivity contribution in [1.82, 2.24) is 14.8 Å². The van der Waals surface area contributed by atoms with Crippen molar-refractivity contribution in [1.29, 1.82) is 5.26 Å². The average molecular weight is 259 g/mol. The second-order valence-corrected chi connectivity index (χ2v) is 4.60. The van der Waals surface area contributed by atoms with Crippen LogP contribution in [0.2, 0.25) is 0 Å². The van der Waals surface area contributed by atoms with Crippen molar-refractivity contribution in [3.8, 4) is 11.2 Å². The number of hydrogen-bond donors (Lipinski definition) is 1. The Balaban J connectivity index is 2.20. The lowest BCUT2D eigenvalue weighted by Crippen LogP contribution is -1.94. The van der Waals surface area contributed by atoms with Gasteiger partial charge in [-0.3, -0.25) is 0 Å². The minimum absolute atomic E-state index is 0.0145. The fourth-order valence-electron chi connectivity index (χ4n) is 1.57. The maximum absolute atomic E-state index is 13.4. The van der Waals surface area contributed by atoms with E-state index >= 15 is 0 Å². The molecule has 0 aliphatic rings. The molecule has 18 heavy (non-hydrogen) atoms. The van der Waals surface area contributed by atoms with Crippen LogP contribution in [0.1, 0.15) is 5.56 Å². The van der Waals surface area contributed by atoms with E-state index in [9.17, 15) is 4.39 Å².